The number of ketones is 1. The lowest BCUT2D eigenvalue weighted by molar-refractivity contribution is -0.118. The molecule has 0 atom stereocenters. The summed E-state index contributed by atoms with van der Waals surface area (Å²) in [5.74, 6) is 1.75. The normalized spacial score (nSPS) is 14.8. The molecule has 3 nitrogen and oxygen atoms in total. The molecule has 0 spiro atoms. The Morgan fingerprint density at radius 2 is 1.84 bits per heavy atom. The van der Waals surface area contributed by atoms with Gasteiger partial charge in [-0.3, -0.25) is 4.79 Å². The lowest BCUT2D eigenvalue weighted by Crippen LogP contribution is -2.09. The van der Waals surface area contributed by atoms with Gasteiger partial charge in [-0.1, -0.05) is 24.3 Å². The van der Waals surface area contributed by atoms with Gasteiger partial charge in [0.25, 0.3) is 0 Å². The Morgan fingerprint density at radius 3 is 2.40 bits per heavy atom. The van der Waals surface area contributed by atoms with E-state index in [9.17, 15) is 4.79 Å². The molecular weight excluding hydrogens is 312 g/mol. The molecule has 0 saturated heterocycles. The lowest BCUT2D eigenvalue weighted by atomic mass is 9.89. The molecule has 0 N–H and O–H groups in total. The van der Waals surface area contributed by atoms with E-state index in [0.717, 1.165) is 24.3 Å². The molecule has 132 valence electrons. The number of aryl methyl sites for hydroxylation is 2. The van der Waals surface area contributed by atoms with Crippen LogP contribution in [0.25, 0.3) is 0 Å². The van der Waals surface area contributed by atoms with Crippen LogP contribution in [0.5, 0.6) is 11.5 Å². The Kier molecular flexibility index (Phi) is 5.12. The second-order valence-corrected chi connectivity index (χ2v) is 7.10. The Morgan fingerprint density at radius 1 is 1.12 bits per heavy atom. The zero-order valence-electron chi connectivity index (χ0n) is 15.3. The van der Waals surface area contributed by atoms with Gasteiger partial charge in [0, 0.05) is 0 Å². The summed E-state index contributed by atoms with van der Waals surface area (Å²) in [5.41, 5.74) is 4.25. The fourth-order valence-corrected chi connectivity index (χ4v) is 3.40. The number of hydrogen-bond donors (Lipinski definition) is 0. The van der Waals surface area contributed by atoms with Gasteiger partial charge in [-0.2, -0.15) is 0 Å². The van der Waals surface area contributed by atoms with E-state index in [0.29, 0.717) is 5.41 Å². The van der Waals surface area contributed by atoms with E-state index >= 15 is 0 Å². The number of methoxy groups -OCH3 is 1. The molecule has 1 fully saturated rings. The third kappa shape index (κ3) is 4.22. The maximum absolute atomic E-state index is 11.0. The Hall–Kier alpha value is -2.29. The monoisotopic (exact) mass is 338 g/mol. The molecule has 0 heterocycles. The molecule has 0 bridgehead atoms. The number of carbonyl (C=O) groups is 1. The van der Waals surface area contributed by atoms with Crippen LogP contribution in [0.3, 0.4) is 0 Å². The molecule has 1 saturated carbocycles. The van der Waals surface area contributed by atoms with Gasteiger partial charge < -0.3 is 9.47 Å². The first-order valence-electron chi connectivity index (χ1n) is 8.89. The lowest BCUT2D eigenvalue weighted by Gasteiger charge is -2.17. The zero-order valence-corrected chi connectivity index (χ0v) is 15.3. The first-order valence-corrected chi connectivity index (χ1v) is 8.89. The summed E-state index contributed by atoms with van der Waals surface area (Å²) >= 11 is 0. The van der Waals surface area contributed by atoms with Crippen LogP contribution in [0.15, 0.2) is 42.5 Å². The number of ether oxygens (including phenoxy) is 2. The van der Waals surface area contributed by atoms with E-state index in [1.165, 1.54) is 36.5 Å². The molecule has 3 heteroatoms. The average Bonchev–Trinajstić information content (AvgIpc) is 3.40. The summed E-state index contributed by atoms with van der Waals surface area (Å²) in [5, 5.41) is 0. The Labute approximate surface area is 150 Å². The van der Waals surface area contributed by atoms with E-state index < -0.39 is 0 Å². The largest absolute Gasteiger partial charge is 0.496 e. The SMILES string of the molecule is COc1ccc(CCC2(c3ccc(OCC(C)=O)cc3)CC2)cc1C. The molecule has 3 rings (SSSR count). The molecule has 1 aliphatic carbocycles. The number of rotatable bonds is 8. The highest BCUT2D eigenvalue weighted by molar-refractivity contribution is 5.77. The molecule has 2 aromatic rings. The molecule has 0 radical (unpaired) electrons. The molecule has 0 aliphatic heterocycles. The van der Waals surface area contributed by atoms with Crippen LogP contribution in [-0.4, -0.2) is 19.5 Å². The molecular formula is C22H26O3. The van der Waals surface area contributed by atoms with E-state index in [-0.39, 0.29) is 12.4 Å². The summed E-state index contributed by atoms with van der Waals surface area (Å²) in [6.07, 6.45) is 4.73. The van der Waals surface area contributed by atoms with Crippen molar-refractivity contribution in [2.24, 2.45) is 0 Å². The van der Waals surface area contributed by atoms with Crippen molar-refractivity contribution in [2.75, 3.05) is 13.7 Å². The number of benzene rings is 2. The predicted molar refractivity (Wildman–Crippen MR) is 99.6 cm³/mol. The van der Waals surface area contributed by atoms with Gasteiger partial charge in [-0.25, -0.2) is 0 Å². The highest BCUT2D eigenvalue weighted by Gasteiger charge is 2.43. The van der Waals surface area contributed by atoms with E-state index in [1.807, 2.05) is 12.1 Å². The van der Waals surface area contributed by atoms with Crippen LogP contribution >= 0.6 is 0 Å². The second-order valence-electron chi connectivity index (χ2n) is 7.10. The van der Waals surface area contributed by atoms with Crippen LogP contribution in [0.4, 0.5) is 0 Å². The highest BCUT2D eigenvalue weighted by Crippen LogP contribution is 2.51. The summed E-state index contributed by atoms with van der Waals surface area (Å²) < 4.78 is 10.8. The predicted octanol–water partition coefficient (Wildman–Crippen LogP) is 4.64. The summed E-state index contributed by atoms with van der Waals surface area (Å²) in [4.78, 5) is 11.0. The second kappa shape index (κ2) is 7.30. The average molecular weight is 338 g/mol. The molecule has 1 aliphatic rings. The number of hydrogen-bond acceptors (Lipinski definition) is 3. The Balaban J connectivity index is 1.62. The van der Waals surface area contributed by atoms with Gasteiger partial charge in [0.1, 0.15) is 18.1 Å². The summed E-state index contributed by atoms with van der Waals surface area (Å²) in [6.45, 7) is 3.77. The van der Waals surface area contributed by atoms with Crippen molar-refractivity contribution < 1.29 is 14.3 Å². The topological polar surface area (TPSA) is 35.5 Å². The van der Waals surface area contributed by atoms with Gasteiger partial charge in [-0.05, 0) is 79.8 Å². The first-order chi connectivity index (χ1) is 12.0. The minimum atomic E-state index is 0.0394. The van der Waals surface area contributed by atoms with Gasteiger partial charge in [-0.15, -0.1) is 0 Å². The number of carbonyl (C=O) groups excluding carboxylic acids is 1. The Bertz CT molecular complexity index is 742. The smallest absolute Gasteiger partial charge is 0.167 e. The fraction of sp³-hybridized carbons (Fsp3) is 0.409. The van der Waals surface area contributed by atoms with Crippen molar-refractivity contribution >= 4 is 5.78 Å². The molecule has 0 amide bonds. The van der Waals surface area contributed by atoms with Crippen molar-refractivity contribution in [3.05, 3.63) is 59.2 Å². The highest BCUT2D eigenvalue weighted by atomic mass is 16.5. The third-order valence-electron chi connectivity index (χ3n) is 5.11. The van der Waals surface area contributed by atoms with Crippen LogP contribution in [0.1, 0.15) is 42.9 Å². The van der Waals surface area contributed by atoms with Crippen LogP contribution in [0, 0.1) is 6.92 Å². The van der Waals surface area contributed by atoms with E-state index in [4.69, 9.17) is 9.47 Å². The molecule has 0 aromatic heterocycles. The first kappa shape index (κ1) is 17.5. The minimum absolute atomic E-state index is 0.0394. The standard InChI is InChI=1S/C22H26O3/c1-16-14-18(4-9-21(16)24-3)10-11-22(12-13-22)19-5-7-20(8-6-19)25-15-17(2)23/h4-9,14H,10-13,15H2,1-3H3. The fourth-order valence-electron chi connectivity index (χ4n) is 3.40. The van der Waals surface area contributed by atoms with Crippen molar-refractivity contribution in [3.63, 3.8) is 0 Å². The molecule has 2 aromatic carbocycles. The maximum atomic E-state index is 11.0. The van der Waals surface area contributed by atoms with Gasteiger partial charge in [0.15, 0.2) is 5.78 Å². The van der Waals surface area contributed by atoms with Crippen LogP contribution in [-0.2, 0) is 16.6 Å². The quantitative estimate of drug-likeness (QED) is 0.703. The maximum Gasteiger partial charge on any atom is 0.167 e. The van der Waals surface area contributed by atoms with Crippen molar-refractivity contribution in [3.8, 4) is 11.5 Å². The van der Waals surface area contributed by atoms with Gasteiger partial charge >= 0.3 is 0 Å². The van der Waals surface area contributed by atoms with Crippen LogP contribution in [0.2, 0.25) is 0 Å². The minimum Gasteiger partial charge on any atom is -0.496 e. The van der Waals surface area contributed by atoms with Crippen LogP contribution < -0.4 is 9.47 Å². The number of Topliss-reactive ketones (excluding diaryl/α,β-unsaturated/α-hetero) is 1. The third-order valence-corrected chi connectivity index (χ3v) is 5.11. The molecule has 0 unspecified atom stereocenters. The molecule has 25 heavy (non-hydrogen) atoms. The summed E-state index contributed by atoms with van der Waals surface area (Å²) in [7, 11) is 1.71. The van der Waals surface area contributed by atoms with E-state index in [1.54, 1.807) is 7.11 Å². The van der Waals surface area contributed by atoms with Gasteiger partial charge in [0.05, 0.1) is 7.11 Å². The zero-order chi connectivity index (χ0) is 17.9. The van der Waals surface area contributed by atoms with Crippen molar-refractivity contribution in [2.45, 2.75) is 44.9 Å². The summed E-state index contributed by atoms with van der Waals surface area (Å²) in [6, 6.07) is 14.7. The van der Waals surface area contributed by atoms with Crippen molar-refractivity contribution in [1.82, 2.24) is 0 Å². The van der Waals surface area contributed by atoms with Gasteiger partial charge in [0.2, 0.25) is 0 Å². The van der Waals surface area contributed by atoms with Crippen molar-refractivity contribution in [1.29, 1.82) is 0 Å². The van der Waals surface area contributed by atoms with E-state index in [2.05, 4.69) is 37.3 Å².